The van der Waals surface area contributed by atoms with Crippen molar-refractivity contribution >= 4 is 17.9 Å². The van der Waals surface area contributed by atoms with E-state index in [1.165, 1.54) is 18.3 Å². The van der Waals surface area contributed by atoms with Crippen LogP contribution in [0.2, 0.25) is 0 Å². The summed E-state index contributed by atoms with van der Waals surface area (Å²) >= 11 is 0. The number of nitrogens with zero attached hydrogens (tertiary/aromatic N) is 4. The van der Waals surface area contributed by atoms with Crippen molar-refractivity contribution in [1.29, 1.82) is 5.41 Å². The molecule has 2 aliphatic heterocycles. The van der Waals surface area contributed by atoms with Crippen LogP contribution in [-0.2, 0) is 10.9 Å². The van der Waals surface area contributed by atoms with Crippen molar-refractivity contribution in [2.24, 2.45) is 17.3 Å². The van der Waals surface area contributed by atoms with Crippen molar-refractivity contribution in [3.05, 3.63) is 35.9 Å². The van der Waals surface area contributed by atoms with Gasteiger partial charge in [-0.15, -0.1) is 0 Å². The highest BCUT2D eigenvalue weighted by Crippen LogP contribution is 2.50. The Kier molecular flexibility index (Phi) is 6.52. The summed E-state index contributed by atoms with van der Waals surface area (Å²) < 4.78 is 50.5. The molecule has 11 heteroatoms. The fraction of sp³-hybridized carbons (Fsp3) is 0.583. The highest BCUT2D eigenvalue weighted by Gasteiger charge is 2.49. The first-order chi connectivity index (χ1) is 16.9. The van der Waals surface area contributed by atoms with Gasteiger partial charge >= 0.3 is 6.18 Å². The summed E-state index contributed by atoms with van der Waals surface area (Å²) in [4.78, 5) is 14.7. The molecular formula is C24H29F3N6O2. The number of nitrogens with one attached hydrogen (secondary N) is 2. The maximum absolute atomic E-state index is 13.2. The van der Waals surface area contributed by atoms with E-state index in [1.807, 2.05) is 0 Å². The third-order valence-corrected chi connectivity index (χ3v) is 7.10. The molecule has 1 unspecified atom stereocenters. The van der Waals surface area contributed by atoms with E-state index in [4.69, 9.17) is 19.9 Å². The van der Waals surface area contributed by atoms with E-state index in [-0.39, 0.29) is 18.3 Å². The first-order valence-corrected chi connectivity index (χ1v) is 11.9. The number of ether oxygens (including phenoxy) is 2. The number of halogens is 3. The summed E-state index contributed by atoms with van der Waals surface area (Å²) in [5.74, 6) is 1.64. The Morgan fingerprint density at radius 3 is 2.80 bits per heavy atom. The van der Waals surface area contributed by atoms with E-state index >= 15 is 0 Å². The van der Waals surface area contributed by atoms with Gasteiger partial charge in [0.2, 0.25) is 0 Å². The Balaban J connectivity index is 1.20. The zero-order valence-electron chi connectivity index (χ0n) is 19.4. The zero-order chi connectivity index (χ0) is 24.5. The first-order valence-electron chi connectivity index (χ1n) is 11.9. The number of hydrogen-bond donors (Lipinski definition) is 2. The van der Waals surface area contributed by atoms with Gasteiger partial charge in [-0.3, -0.25) is 0 Å². The lowest BCUT2D eigenvalue weighted by molar-refractivity contribution is -0.176. The van der Waals surface area contributed by atoms with E-state index in [0.717, 1.165) is 58.2 Å². The lowest BCUT2D eigenvalue weighted by Gasteiger charge is -2.53. The van der Waals surface area contributed by atoms with Crippen LogP contribution in [0.4, 0.5) is 24.8 Å². The van der Waals surface area contributed by atoms with Crippen LogP contribution in [0.25, 0.3) is 0 Å². The zero-order valence-corrected chi connectivity index (χ0v) is 19.4. The highest BCUT2D eigenvalue weighted by atomic mass is 19.4. The second kappa shape index (κ2) is 9.60. The first kappa shape index (κ1) is 23.8. The molecule has 1 saturated carbocycles. The summed E-state index contributed by atoms with van der Waals surface area (Å²) in [5, 5.41) is 11.1. The average molecular weight is 491 g/mol. The van der Waals surface area contributed by atoms with Gasteiger partial charge < -0.3 is 25.1 Å². The molecule has 8 nitrogen and oxygen atoms in total. The third-order valence-electron chi connectivity index (χ3n) is 7.10. The molecule has 3 aliphatic rings. The normalized spacial score (nSPS) is 21.8. The van der Waals surface area contributed by atoms with Gasteiger partial charge in [0, 0.05) is 43.4 Å². The Bertz CT molecular complexity index is 1050. The summed E-state index contributed by atoms with van der Waals surface area (Å²) in [5.41, 5.74) is -0.118. The molecule has 4 heterocycles. The second-order valence-corrected chi connectivity index (χ2v) is 9.87. The fourth-order valence-electron chi connectivity index (χ4n) is 5.29. The minimum Gasteiger partial charge on any atom is -0.491 e. The molecule has 0 radical (unpaired) electrons. The standard InChI is InChI=1S/C24H29F3N6O2/c25-24(26,27)21-19(4-1-5-29-21)35-13-16-3-2-6-33(12-16)20-11-30-18(9-28)22(32-20)31-10-17-7-23(8-17)14-34-15-23/h1,4-5,9,11,16-17,28H,2-3,6-8,10,12-15H2,(H,31,32). The maximum Gasteiger partial charge on any atom is 0.437 e. The van der Waals surface area contributed by atoms with Crippen LogP contribution in [0, 0.1) is 22.7 Å². The predicted octanol–water partition coefficient (Wildman–Crippen LogP) is 4.02. The number of alkyl halides is 3. The number of anilines is 2. The Morgan fingerprint density at radius 1 is 1.26 bits per heavy atom. The Hall–Kier alpha value is -2.95. The molecule has 0 bridgehead atoms. The van der Waals surface area contributed by atoms with Crippen molar-refractivity contribution in [1.82, 2.24) is 15.0 Å². The van der Waals surface area contributed by atoms with Gasteiger partial charge in [-0.2, -0.15) is 13.2 Å². The molecule has 5 rings (SSSR count). The van der Waals surface area contributed by atoms with Gasteiger partial charge in [-0.05, 0) is 43.7 Å². The minimum absolute atomic E-state index is 0.0431. The molecule has 2 aromatic rings. The van der Waals surface area contributed by atoms with Crippen molar-refractivity contribution in [3.63, 3.8) is 0 Å². The van der Waals surface area contributed by atoms with Crippen LogP contribution in [0.1, 0.15) is 37.1 Å². The molecular weight excluding hydrogens is 461 g/mol. The second-order valence-electron chi connectivity index (χ2n) is 9.87. The van der Waals surface area contributed by atoms with Crippen LogP contribution >= 0.6 is 0 Å². The van der Waals surface area contributed by atoms with E-state index in [2.05, 4.69) is 20.2 Å². The SMILES string of the molecule is N=Cc1ncc(N2CCCC(COc3cccnc3C(F)(F)F)C2)nc1NCC1CC2(COC2)C1. The van der Waals surface area contributed by atoms with Crippen molar-refractivity contribution in [3.8, 4) is 5.75 Å². The number of rotatable bonds is 8. The molecule has 1 atom stereocenters. The fourth-order valence-corrected chi connectivity index (χ4v) is 5.29. The third kappa shape index (κ3) is 5.19. The number of pyridine rings is 1. The van der Waals surface area contributed by atoms with Crippen LogP contribution in [0.3, 0.4) is 0 Å². The maximum atomic E-state index is 13.2. The van der Waals surface area contributed by atoms with E-state index in [1.54, 1.807) is 6.20 Å². The largest absolute Gasteiger partial charge is 0.491 e. The molecule has 0 aromatic carbocycles. The van der Waals surface area contributed by atoms with E-state index in [0.29, 0.717) is 35.2 Å². The van der Waals surface area contributed by atoms with Gasteiger partial charge in [0.15, 0.2) is 11.5 Å². The van der Waals surface area contributed by atoms with E-state index < -0.39 is 11.9 Å². The topological polar surface area (TPSA) is 96.3 Å². The summed E-state index contributed by atoms with van der Waals surface area (Å²) in [6.07, 6.45) is 3.42. The van der Waals surface area contributed by atoms with Gasteiger partial charge in [0.05, 0.1) is 26.0 Å². The molecule has 2 N–H and O–H groups in total. The molecule has 1 aliphatic carbocycles. The Morgan fingerprint density at radius 2 is 2.09 bits per heavy atom. The van der Waals surface area contributed by atoms with Crippen molar-refractivity contribution in [2.75, 3.05) is 49.7 Å². The van der Waals surface area contributed by atoms with Crippen LogP contribution in [0.5, 0.6) is 5.75 Å². The van der Waals surface area contributed by atoms with Gasteiger partial charge in [0.1, 0.15) is 17.3 Å². The molecule has 2 aromatic heterocycles. The average Bonchev–Trinajstić information content (AvgIpc) is 2.80. The summed E-state index contributed by atoms with van der Waals surface area (Å²) in [7, 11) is 0. The summed E-state index contributed by atoms with van der Waals surface area (Å²) in [6, 6.07) is 2.74. The summed E-state index contributed by atoms with van der Waals surface area (Å²) in [6.45, 7) is 4.05. The molecule has 2 saturated heterocycles. The van der Waals surface area contributed by atoms with Crippen LogP contribution in [-0.4, -0.2) is 60.6 Å². The number of aromatic nitrogens is 3. The van der Waals surface area contributed by atoms with Crippen LogP contribution < -0.4 is 15.0 Å². The molecule has 188 valence electrons. The van der Waals surface area contributed by atoms with E-state index in [9.17, 15) is 13.2 Å². The quantitative estimate of drug-likeness (QED) is 0.540. The Labute approximate surface area is 201 Å². The smallest absolute Gasteiger partial charge is 0.437 e. The molecule has 35 heavy (non-hydrogen) atoms. The van der Waals surface area contributed by atoms with Gasteiger partial charge in [-0.25, -0.2) is 15.0 Å². The predicted molar refractivity (Wildman–Crippen MR) is 124 cm³/mol. The lowest BCUT2D eigenvalue weighted by atomic mass is 9.61. The van der Waals surface area contributed by atoms with Gasteiger partial charge in [-0.1, -0.05) is 0 Å². The lowest BCUT2D eigenvalue weighted by Crippen LogP contribution is -2.53. The van der Waals surface area contributed by atoms with Crippen LogP contribution in [0.15, 0.2) is 24.5 Å². The number of hydrogen-bond acceptors (Lipinski definition) is 8. The van der Waals surface area contributed by atoms with Crippen molar-refractivity contribution in [2.45, 2.75) is 31.9 Å². The van der Waals surface area contributed by atoms with Gasteiger partial charge in [0.25, 0.3) is 0 Å². The molecule has 3 fully saturated rings. The molecule has 0 amide bonds. The highest BCUT2D eigenvalue weighted by molar-refractivity contribution is 5.81. The number of piperidine rings is 1. The van der Waals surface area contributed by atoms with Crippen molar-refractivity contribution < 1.29 is 22.6 Å². The monoisotopic (exact) mass is 490 g/mol. The molecule has 1 spiro atoms. The minimum atomic E-state index is -4.56.